The van der Waals surface area contributed by atoms with Crippen LogP contribution in [0.2, 0.25) is 0 Å². The summed E-state index contributed by atoms with van der Waals surface area (Å²) < 4.78 is 29.7. The number of fused-ring (bicyclic) bond motifs is 1. The summed E-state index contributed by atoms with van der Waals surface area (Å²) in [5.74, 6) is -1.58. The molecule has 4 aromatic rings. The van der Waals surface area contributed by atoms with Gasteiger partial charge in [-0.3, -0.25) is 9.48 Å². The maximum Gasteiger partial charge on any atom is 0.229 e. The van der Waals surface area contributed by atoms with Crippen molar-refractivity contribution in [1.29, 1.82) is 0 Å². The van der Waals surface area contributed by atoms with E-state index < -0.39 is 11.6 Å². The van der Waals surface area contributed by atoms with E-state index in [1.165, 1.54) is 6.07 Å². The number of aryl methyl sites for hydroxylation is 1. The van der Waals surface area contributed by atoms with Gasteiger partial charge >= 0.3 is 0 Å². The number of benzene rings is 2. The molecule has 0 saturated carbocycles. The molecule has 0 atom stereocenters. The number of rotatable bonds is 5. The number of aromatic nitrogens is 4. The van der Waals surface area contributed by atoms with E-state index >= 15 is 0 Å². The predicted molar refractivity (Wildman–Crippen MR) is 101 cm³/mol. The monoisotopic (exact) mass is 381 g/mol. The zero-order chi connectivity index (χ0) is 19.7. The summed E-state index contributed by atoms with van der Waals surface area (Å²) in [4.78, 5) is 16.6. The molecule has 0 spiro atoms. The largest absolute Gasteiger partial charge is 0.334 e. The average molecular weight is 381 g/mol. The second-order valence-electron chi connectivity index (χ2n) is 6.55. The summed E-state index contributed by atoms with van der Waals surface area (Å²) in [6.45, 7) is 0.268. The highest BCUT2D eigenvalue weighted by Gasteiger charge is 2.09. The van der Waals surface area contributed by atoms with Gasteiger partial charge in [-0.1, -0.05) is 12.1 Å². The highest BCUT2D eigenvalue weighted by molar-refractivity contribution is 5.92. The fourth-order valence-corrected chi connectivity index (χ4v) is 3.00. The Bertz CT molecular complexity index is 1160. The fourth-order valence-electron chi connectivity index (χ4n) is 3.00. The van der Waals surface area contributed by atoms with Crippen LogP contribution in [0.5, 0.6) is 0 Å². The minimum Gasteiger partial charge on any atom is -0.334 e. The molecule has 1 N–H and O–H groups in total. The van der Waals surface area contributed by atoms with E-state index in [1.54, 1.807) is 23.3 Å². The highest BCUT2D eigenvalue weighted by atomic mass is 19.2. The molecule has 0 radical (unpaired) electrons. The van der Waals surface area contributed by atoms with Crippen molar-refractivity contribution in [3.63, 3.8) is 0 Å². The Balaban J connectivity index is 1.40. The van der Waals surface area contributed by atoms with Crippen molar-refractivity contribution in [1.82, 2.24) is 19.3 Å². The van der Waals surface area contributed by atoms with Gasteiger partial charge in [-0.2, -0.15) is 5.10 Å². The summed E-state index contributed by atoms with van der Waals surface area (Å²) in [6, 6.07) is 11.0. The van der Waals surface area contributed by atoms with Crippen LogP contribution < -0.4 is 5.32 Å². The number of anilines is 1. The van der Waals surface area contributed by atoms with Crippen LogP contribution >= 0.6 is 0 Å². The van der Waals surface area contributed by atoms with Crippen LogP contribution in [0.1, 0.15) is 11.1 Å². The Morgan fingerprint density at radius 2 is 1.89 bits per heavy atom. The first-order chi connectivity index (χ1) is 13.5. The van der Waals surface area contributed by atoms with Gasteiger partial charge in [0.05, 0.1) is 30.3 Å². The predicted octanol–water partition coefficient (Wildman–Crippen LogP) is 3.28. The normalized spacial score (nSPS) is 11.1. The zero-order valence-electron chi connectivity index (χ0n) is 15.1. The van der Waals surface area contributed by atoms with Gasteiger partial charge in [0.25, 0.3) is 0 Å². The Labute approximate surface area is 159 Å². The Kier molecular flexibility index (Phi) is 4.60. The number of hydrogen-bond donors (Lipinski definition) is 1. The van der Waals surface area contributed by atoms with Gasteiger partial charge in [-0.25, -0.2) is 13.8 Å². The summed E-state index contributed by atoms with van der Waals surface area (Å²) in [5, 5.41) is 7.00. The summed E-state index contributed by atoms with van der Waals surface area (Å²) >= 11 is 0. The van der Waals surface area contributed by atoms with Crippen LogP contribution in [0.15, 0.2) is 55.0 Å². The highest BCUT2D eigenvalue weighted by Crippen LogP contribution is 2.15. The van der Waals surface area contributed by atoms with E-state index in [4.69, 9.17) is 0 Å². The molecule has 2 aromatic heterocycles. The molecule has 8 heteroatoms. The van der Waals surface area contributed by atoms with Gasteiger partial charge in [0.1, 0.15) is 0 Å². The maximum atomic E-state index is 13.3. The van der Waals surface area contributed by atoms with Crippen LogP contribution in [-0.4, -0.2) is 25.2 Å². The average Bonchev–Trinajstić information content (AvgIpc) is 3.25. The third-order valence-corrected chi connectivity index (χ3v) is 4.39. The van der Waals surface area contributed by atoms with Crippen molar-refractivity contribution in [3.8, 4) is 0 Å². The van der Waals surface area contributed by atoms with E-state index in [1.807, 2.05) is 29.8 Å². The van der Waals surface area contributed by atoms with Crippen LogP contribution in [0.3, 0.4) is 0 Å². The Morgan fingerprint density at radius 3 is 2.71 bits per heavy atom. The molecule has 6 nitrogen and oxygen atoms in total. The molecule has 0 bridgehead atoms. The van der Waals surface area contributed by atoms with Crippen molar-refractivity contribution in [3.05, 3.63) is 77.8 Å². The fraction of sp³-hybridized carbons (Fsp3) is 0.150. The van der Waals surface area contributed by atoms with Gasteiger partial charge in [0.2, 0.25) is 5.91 Å². The number of halogens is 2. The summed E-state index contributed by atoms with van der Waals surface area (Å²) in [7, 11) is 1.90. The van der Waals surface area contributed by atoms with Crippen LogP contribution in [0, 0.1) is 11.6 Å². The maximum absolute atomic E-state index is 13.3. The standard InChI is InChI=1S/C20H17F2N5O/c1-26-12-23-17-5-3-13(9-18(17)26)10-20(28)24-19-6-7-27(25-19)11-14-2-4-15(21)16(22)8-14/h2-9,12H,10-11H2,1H3,(H,24,25,28). The first-order valence-electron chi connectivity index (χ1n) is 8.65. The molecule has 0 saturated heterocycles. The molecular formula is C20H17F2N5O. The second-order valence-corrected chi connectivity index (χ2v) is 6.55. The number of carbonyl (C=O) groups excluding carboxylic acids is 1. The van der Waals surface area contributed by atoms with Crippen LogP contribution in [-0.2, 0) is 24.8 Å². The van der Waals surface area contributed by atoms with Crippen molar-refractivity contribution >= 4 is 22.8 Å². The molecule has 2 heterocycles. The van der Waals surface area contributed by atoms with E-state index in [0.29, 0.717) is 11.4 Å². The molecule has 4 rings (SSSR count). The van der Waals surface area contributed by atoms with E-state index in [9.17, 15) is 13.6 Å². The second kappa shape index (κ2) is 7.22. The minimum atomic E-state index is -0.899. The van der Waals surface area contributed by atoms with Gasteiger partial charge in [0.15, 0.2) is 17.5 Å². The number of imidazole rings is 1. The van der Waals surface area contributed by atoms with E-state index in [2.05, 4.69) is 15.4 Å². The molecule has 28 heavy (non-hydrogen) atoms. The molecular weight excluding hydrogens is 364 g/mol. The van der Waals surface area contributed by atoms with Gasteiger partial charge in [-0.15, -0.1) is 0 Å². The number of carbonyl (C=O) groups is 1. The molecule has 1 amide bonds. The molecule has 0 unspecified atom stereocenters. The third kappa shape index (κ3) is 3.75. The van der Waals surface area contributed by atoms with E-state index in [-0.39, 0.29) is 18.9 Å². The topological polar surface area (TPSA) is 64.7 Å². The Hall–Kier alpha value is -3.55. The first-order valence-corrected chi connectivity index (χ1v) is 8.65. The number of nitrogens with one attached hydrogen (secondary N) is 1. The molecule has 0 aliphatic carbocycles. The number of nitrogens with zero attached hydrogens (tertiary/aromatic N) is 4. The molecule has 0 aliphatic rings. The van der Waals surface area contributed by atoms with Crippen LogP contribution in [0.4, 0.5) is 14.6 Å². The van der Waals surface area contributed by atoms with E-state index in [0.717, 1.165) is 28.7 Å². The molecule has 0 fully saturated rings. The van der Waals surface area contributed by atoms with Gasteiger partial charge in [0, 0.05) is 19.3 Å². The lowest BCUT2D eigenvalue weighted by molar-refractivity contribution is -0.115. The number of hydrogen-bond acceptors (Lipinski definition) is 3. The smallest absolute Gasteiger partial charge is 0.229 e. The van der Waals surface area contributed by atoms with Crippen molar-refractivity contribution in [2.24, 2.45) is 7.05 Å². The van der Waals surface area contributed by atoms with Crippen molar-refractivity contribution < 1.29 is 13.6 Å². The quantitative estimate of drug-likeness (QED) is 0.577. The molecule has 142 valence electrons. The number of amides is 1. The third-order valence-electron chi connectivity index (χ3n) is 4.39. The first kappa shape index (κ1) is 17.8. The lowest BCUT2D eigenvalue weighted by Gasteiger charge is -2.04. The zero-order valence-corrected chi connectivity index (χ0v) is 15.1. The van der Waals surface area contributed by atoms with Gasteiger partial charge < -0.3 is 9.88 Å². The lowest BCUT2D eigenvalue weighted by atomic mass is 10.1. The van der Waals surface area contributed by atoms with Crippen LogP contribution in [0.25, 0.3) is 11.0 Å². The summed E-state index contributed by atoms with van der Waals surface area (Å²) in [6.07, 6.45) is 3.60. The van der Waals surface area contributed by atoms with Crippen molar-refractivity contribution in [2.75, 3.05) is 5.32 Å². The van der Waals surface area contributed by atoms with Gasteiger partial charge in [-0.05, 0) is 35.4 Å². The van der Waals surface area contributed by atoms with Crippen molar-refractivity contribution in [2.45, 2.75) is 13.0 Å². The molecule has 0 aliphatic heterocycles. The Morgan fingerprint density at radius 1 is 1.07 bits per heavy atom. The minimum absolute atomic E-state index is 0.195. The molecule has 2 aromatic carbocycles. The summed E-state index contributed by atoms with van der Waals surface area (Å²) in [5.41, 5.74) is 3.28. The SMILES string of the molecule is Cn1cnc2ccc(CC(=O)Nc3ccn(Cc4ccc(F)c(F)c4)n3)cc21. The lowest BCUT2D eigenvalue weighted by Crippen LogP contribution is -2.15.